The molecule has 72 valence electrons. The van der Waals surface area contributed by atoms with Crippen LogP contribution in [0.2, 0.25) is 0 Å². The summed E-state index contributed by atoms with van der Waals surface area (Å²) in [6, 6.07) is 8.53. The van der Waals surface area contributed by atoms with Crippen LogP contribution in [0, 0.1) is 6.92 Å². The minimum atomic E-state index is 1.09. The van der Waals surface area contributed by atoms with Crippen LogP contribution in [-0.2, 0) is 0 Å². The summed E-state index contributed by atoms with van der Waals surface area (Å²) in [7, 11) is 1.09. The fourth-order valence-corrected chi connectivity index (χ4v) is 3.86. The lowest BCUT2D eigenvalue weighted by molar-refractivity contribution is 1.47. The fraction of sp³-hybridized carbons (Fsp3) is 0.0909. The molecule has 0 aliphatic heterocycles. The van der Waals surface area contributed by atoms with Crippen molar-refractivity contribution in [2.45, 2.75) is 6.92 Å². The van der Waals surface area contributed by atoms with Crippen LogP contribution in [0.1, 0.15) is 5.56 Å². The molecule has 3 heteroatoms. The van der Waals surface area contributed by atoms with Crippen molar-refractivity contribution in [2.75, 3.05) is 0 Å². The molecule has 0 nitrogen and oxygen atoms in total. The molecule has 0 N–H and O–H groups in total. The van der Waals surface area contributed by atoms with E-state index in [0.717, 1.165) is 10.2 Å². The van der Waals surface area contributed by atoms with Gasteiger partial charge in [0.15, 0.2) is 0 Å². The Morgan fingerprint density at radius 2 is 1.57 bits per heavy atom. The molecule has 2 aromatic rings. The van der Waals surface area contributed by atoms with E-state index in [2.05, 4.69) is 63.0 Å². The molecule has 0 bridgehead atoms. The first kappa shape index (κ1) is 10.4. The molecule has 0 amide bonds. The molecule has 0 saturated heterocycles. The SMILES string of the molecule is Cc1c(Br)c(Br)c2ccccc2c1[SiH3]. The maximum absolute atomic E-state index is 3.63. The van der Waals surface area contributed by atoms with Crippen molar-refractivity contribution in [2.24, 2.45) is 0 Å². The third-order valence-electron chi connectivity index (χ3n) is 2.65. The summed E-state index contributed by atoms with van der Waals surface area (Å²) in [5.74, 6) is 0. The highest BCUT2D eigenvalue weighted by Crippen LogP contribution is 2.32. The van der Waals surface area contributed by atoms with Crippen LogP contribution in [-0.4, -0.2) is 10.2 Å². The molecular weight excluding hydrogens is 320 g/mol. The standard InChI is InChI=1S/C11H10Br2Si/c1-6-9(12)10(13)7-4-2-3-5-8(7)11(6)14/h2-5H,1,14H3. The molecule has 0 saturated carbocycles. The minimum absolute atomic E-state index is 1.09. The van der Waals surface area contributed by atoms with E-state index in [4.69, 9.17) is 0 Å². The highest BCUT2D eigenvalue weighted by atomic mass is 79.9. The second-order valence-corrected chi connectivity index (χ2v) is 6.01. The van der Waals surface area contributed by atoms with Crippen molar-refractivity contribution >= 4 is 58.1 Å². The first-order valence-electron chi connectivity index (χ1n) is 4.46. The Morgan fingerprint density at radius 1 is 1.00 bits per heavy atom. The van der Waals surface area contributed by atoms with E-state index >= 15 is 0 Å². The average molecular weight is 330 g/mol. The van der Waals surface area contributed by atoms with E-state index in [0.29, 0.717) is 0 Å². The summed E-state index contributed by atoms with van der Waals surface area (Å²) in [5, 5.41) is 4.16. The average Bonchev–Trinajstić information content (AvgIpc) is 2.23. The van der Waals surface area contributed by atoms with E-state index in [1.54, 1.807) is 0 Å². The van der Waals surface area contributed by atoms with Gasteiger partial charge in [-0.25, -0.2) is 0 Å². The smallest absolute Gasteiger partial charge is 0.0398 e. The van der Waals surface area contributed by atoms with Gasteiger partial charge >= 0.3 is 0 Å². The Kier molecular flexibility index (Phi) is 2.82. The Morgan fingerprint density at radius 3 is 2.21 bits per heavy atom. The lowest BCUT2D eigenvalue weighted by Gasteiger charge is -2.11. The lowest BCUT2D eigenvalue weighted by atomic mass is 10.1. The van der Waals surface area contributed by atoms with Gasteiger partial charge < -0.3 is 0 Å². The molecule has 0 unspecified atom stereocenters. The highest BCUT2D eigenvalue weighted by molar-refractivity contribution is 9.13. The molecule has 0 aliphatic carbocycles. The molecule has 0 aliphatic rings. The molecule has 2 rings (SSSR count). The Balaban J connectivity index is 3.02. The topological polar surface area (TPSA) is 0 Å². The van der Waals surface area contributed by atoms with Crippen LogP contribution in [0.15, 0.2) is 33.2 Å². The first-order chi connectivity index (χ1) is 6.63. The summed E-state index contributed by atoms with van der Waals surface area (Å²) in [6.45, 7) is 2.17. The van der Waals surface area contributed by atoms with Crippen LogP contribution >= 0.6 is 31.9 Å². The normalized spacial score (nSPS) is 11.1. The predicted molar refractivity (Wildman–Crippen MR) is 73.7 cm³/mol. The number of halogens is 2. The van der Waals surface area contributed by atoms with Gasteiger partial charge in [-0.3, -0.25) is 0 Å². The molecule has 0 aromatic heterocycles. The molecule has 0 spiro atoms. The first-order valence-corrected chi connectivity index (χ1v) is 7.04. The van der Waals surface area contributed by atoms with Gasteiger partial charge in [-0.2, -0.15) is 0 Å². The van der Waals surface area contributed by atoms with Gasteiger partial charge in [-0.05, 0) is 55.1 Å². The molecule has 2 aromatic carbocycles. The summed E-state index contributed by atoms with van der Waals surface area (Å²) < 4.78 is 2.37. The maximum atomic E-state index is 3.63. The number of hydrogen-bond donors (Lipinski definition) is 0. The summed E-state index contributed by atoms with van der Waals surface area (Å²) in [4.78, 5) is 0. The van der Waals surface area contributed by atoms with Crippen molar-refractivity contribution in [3.63, 3.8) is 0 Å². The van der Waals surface area contributed by atoms with Crippen LogP contribution in [0.5, 0.6) is 0 Å². The molecule has 0 radical (unpaired) electrons. The Hall–Kier alpha value is -0.123. The zero-order valence-electron chi connectivity index (χ0n) is 8.07. The van der Waals surface area contributed by atoms with Crippen molar-refractivity contribution in [3.8, 4) is 0 Å². The van der Waals surface area contributed by atoms with Gasteiger partial charge in [0.2, 0.25) is 0 Å². The van der Waals surface area contributed by atoms with Crippen molar-refractivity contribution in [1.29, 1.82) is 0 Å². The minimum Gasteiger partial charge on any atom is -0.0616 e. The molecule has 14 heavy (non-hydrogen) atoms. The number of fused-ring (bicyclic) bond motifs is 1. The van der Waals surface area contributed by atoms with Gasteiger partial charge in [0.25, 0.3) is 0 Å². The monoisotopic (exact) mass is 328 g/mol. The number of rotatable bonds is 0. The van der Waals surface area contributed by atoms with Gasteiger partial charge in [-0.15, -0.1) is 0 Å². The van der Waals surface area contributed by atoms with E-state index in [9.17, 15) is 0 Å². The molecule has 0 fully saturated rings. The zero-order valence-corrected chi connectivity index (χ0v) is 13.2. The molecular formula is C11H10Br2Si. The quantitative estimate of drug-likeness (QED) is 0.652. The maximum Gasteiger partial charge on any atom is 0.0398 e. The molecule has 0 atom stereocenters. The predicted octanol–water partition coefficient (Wildman–Crippen LogP) is 2.66. The van der Waals surface area contributed by atoms with Crippen molar-refractivity contribution < 1.29 is 0 Å². The Labute approximate surface area is 103 Å². The van der Waals surface area contributed by atoms with E-state index in [1.165, 1.54) is 30.5 Å². The van der Waals surface area contributed by atoms with Crippen LogP contribution in [0.3, 0.4) is 0 Å². The van der Waals surface area contributed by atoms with E-state index in [-0.39, 0.29) is 0 Å². The van der Waals surface area contributed by atoms with Crippen LogP contribution < -0.4 is 5.19 Å². The summed E-state index contributed by atoms with van der Waals surface area (Å²) >= 11 is 7.26. The van der Waals surface area contributed by atoms with Crippen LogP contribution in [0.25, 0.3) is 10.8 Å². The van der Waals surface area contributed by atoms with Crippen LogP contribution in [0.4, 0.5) is 0 Å². The second kappa shape index (κ2) is 3.80. The van der Waals surface area contributed by atoms with E-state index in [1.807, 2.05) is 0 Å². The fourth-order valence-electron chi connectivity index (χ4n) is 1.65. The largest absolute Gasteiger partial charge is 0.0616 e. The number of hydrogen-bond acceptors (Lipinski definition) is 0. The van der Waals surface area contributed by atoms with Gasteiger partial charge in [0, 0.05) is 19.2 Å². The van der Waals surface area contributed by atoms with Gasteiger partial charge in [0.05, 0.1) is 0 Å². The van der Waals surface area contributed by atoms with Gasteiger partial charge in [-0.1, -0.05) is 29.5 Å². The van der Waals surface area contributed by atoms with Crippen molar-refractivity contribution in [1.82, 2.24) is 0 Å². The number of benzene rings is 2. The van der Waals surface area contributed by atoms with Gasteiger partial charge in [0.1, 0.15) is 0 Å². The second-order valence-electron chi connectivity index (χ2n) is 3.42. The Bertz CT molecular complexity index is 460. The lowest BCUT2D eigenvalue weighted by Crippen LogP contribution is -2.10. The summed E-state index contributed by atoms with van der Waals surface area (Å²) in [6.07, 6.45) is 0. The highest BCUT2D eigenvalue weighted by Gasteiger charge is 2.09. The van der Waals surface area contributed by atoms with E-state index < -0.39 is 0 Å². The third kappa shape index (κ3) is 1.47. The summed E-state index contributed by atoms with van der Waals surface area (Å²) in [5.41, 5.74) is 1.36. The molecule has 0 heterocycles. The third-order valence-corrected chi connectivity index (χ3v) is 6.29. The zero-order chi connectivity index (χ0) is 10.3. The van der Waals surface area contributed by atoms with Crippen molar-refractivity contribution in [3.05, 3.63) is 38.8 Å².